The number of hydrogen-bond acceptors (Lipinski definition) is 2. The van der Waals surface area contributed by atoms with Gasteiger partial charge in [0.15, 0.2) is 0 Å². The van der Waals surface area contributed by atoms with E-state index in [-0.39, 0.29) is 5.91 Å². The van der Waals surface area contributed by atoms with E-state index in [0.29, 0.717) is 14.7 Å². The summed E-state index contributed by atoms with van der Waals surface area (Å²) in [6, 6.07) is 2.01. The quantitative estimate of drug-likeness (QED) is 0.724. The monoisotopic (exact) mass is 258 g/mol. The number of amides is 1. The molecule has 1 unspecified atom stereocenters. The maximum Gasteiger partial charge on any atom is 0.229 e. The van der Waals surface area contributed by atoms with E-state index >= 15 is 0 Å². The van der Waals surface area contributed by atoms with Crippen molar-refractivity contribution >= 4 is 36.2 Å². The highest BCUT2D eigenvalue weighted by Crippen LogP contribution is 2.28. The molecule has 0 aliphatic carbocycles. The Balaban J connectivity index is 2.40. The summed E-state index contributed by atoms with van der Waals surface area (Å²) in [5, 5.41) is 2.79. The molecule has 0 fully saturated rings. The Morgan fingerprint density at radius 1 is 1.54 bits per heavy atom. The molecule has 1 aromatic rings. The van der Waals surface area contributed by atoms with Crippen molar-refractivity contribution in [2.45, 2.75) is 6.16 Å². The molecule has 0 saturated carbocycles. The minimum Gasteiger partial charge on any atom is -0.310 e. The van der Waals surface area contributed by atoms with Gasteiger partial charge >= 0.3 is 0 Å². The van der Waals surface area contributed by atoms with E-state index in [1.807, 2.05) is 6.07 Å². The van der Waals surface area contributed by atoms with Crippen LogP contribution in [0.1, 0.15) is 5.56 Å². The highest BCUT2D eigenvalue weighted by Gasteiger charge is 2.13. The first-order valence-electron chi connectivity index (χ1n) is 3.91. The normalized spacial score (nSPS) is 17.8. The molecule has 1 aliphatic heterocycles. The van der Waals surface area contributed by atoms with Gasteiger partial charge < -0.3 is 5.32 Å². The Morgan fingerprint density at radius 3 is 3.23 bits per heavy atom. The smallest absolute Gasteiger partial charge is 0.229 e. The number of rotatable bonds is 0. The van der Waals surface area contributed by atoms with Crippen molar-refractivity contribution < 1.29 is 4.79 Å². The number of aromatic nitrogens is 1. The van der Waals surface area contributed by atoms with Gasteiger partial charge in [-0.15, -0.1) is 8.58 Å². The second-order valence-corrected chi connectivity index (χ2v) is 4.94. The molecule has 0 bridgehead atoms. The molecule has 68 valence electrons. The van der Waals surface area contributed by atoms with Crippen LogP contribution in [0.5, 0.6) is 0 Å². The average molecular weight is 259 g/mol. The van der Waals surface area contributed by atoms with Gasteiger partial charge in [0.05, 0.1) is 0 Å². The van der Waals surface area contributed by atoms with Crippen molar-refractivity contribution in [3.63, 3.8) is 0 Å². The van der Waals surface area contributed by atoms with Gasteiger partial charge in [0.2, 0.25) is 5.91 Å². The van der Waals surface area contributed by atoms with Crippen LogP contribution in [0, 0.1) is 0 Å². The third kappa shape index (κ3) is 2.06. The molecule has 0 saturated heterocycles. The standard InChI is InChI=1S/C8H8BrN2OP/c9-6-1-5-3-13-4-7(12)11-8(5)10-2-6/h1-2,13H,3-4H2,(H,10,11,12). The lowest BCUT2D eigenvalue weighted by Gasteiger charge is -2.04. The highest BCUT2D eigenvalue weighted by molar-refractivity contribution is 9.10. The summed E-state index contributed by atoms with van der Waals surface area (Å²) in [4.78, 5) is 15.3. The van der Waals surface area contributed by atoms with Gasteiger partial charge in [0.1, 0.15) is 5.82 Å². The Hall–Kier alpha value is -0.470. The summed E-state index contributed by atoms with van der Waals surface area (Å²) >= 11 is 3.36. The minimum absolute atomic E-state index is 0.0758. The van der Waals surface area contributed by atoms with Crippen molar-refractivity contribution in [3.8, 4) is 0 Å². The molecular formula is C8H8BrN2OP. The molecule has 1 aliphatic rings. The van der Waals surface area contributed by atoms with Crippen molar-refractivity contribution in [2.24, 2.45) is 0 Å². The zero-order chi connectivity index (χ0) is 9.26. The fourth-order valence-corrected chi connectivity index (χ4v) is 2.57. The van der Waals surface area contributed by atoms with Crippen molar-refractivity contribution in [3.05, 3.63) is 22.3 Å². The molecule has 2 rings (SSSR count). The molecule has 0 aromatic carbocycles. The number of nitrogens with one attached hydrogen (secondary N) is 1. The Kier molecular flexibility index (Phi) is 2.61. The number of nitrogens with zero attached hydrogens (tertiary/aromatic N) is 1. The molecular weight excluding hydrogens is 251 g/mol. The van der Waals surface area contributed by atoms with E-state index in [1.165, 1.54) is 0 Å². The fourth-order valence-electron chi connectivity index (χ4n) is 1.22. The van der Waals surface area contributed by atoms with Gasteiger partial charge in [-0.3, -0.25) is 4.79 Å². The lowest BCUT2D eigenvalue weighted by Crippen LogP contribution is -2.13. The highest BCUT2D eigenvalue weighted by atomic mass is 79.9. The van der Waals surface area contributed by atoms with E-state index in [9.17, 15) is 4.79 Å². The number of anilines is 1. The van der Waals surface area contributed by atoms with Crippen molar-refractivity contribution in [1.82, 2.24) is 4.98 Å². The number of halogens is 1. The predicted octanol–water partition coefficient (Wildman–Crippen LogP) is 1.97. The third-order valence-corrected chi connectivity index (χ3v) is 3.43. The number of fused-ring (bicyclic) bond motifs is 1. The van der Waals surface area contributed by atoms with E-state index in [2.05, 4.69) is 26.2 Å². The second-order valence-electron chi connectivity index (χ2n) is 2.81. The van der Waals surface area contributed by atoms with Crippen LogP contribution in [0.3, 0.4) is 0 Å². The zero-order valence-electron chi connectivity index (χ0n) is 6.80. The van der Waals surface area contributed by atoms with Crippen LogP contribution in [-0.4, -0.2) is 17.1 Å². The van der Waals surface area contributed by atoms with Crippen molar-refractivity contribution in [2.75, 3.05) is 11.5 Å². The molecule has 0 spiro atoms. The van der Waals surface area contributed by atoms with Gasteiger partial charge in [-0.05, 0) is 28.2 Å². The third-order valence-electron chi connectivity index (χ3n) is 1.79. The van der Waals surface area contributed by atoms with Gasteiger partial charge in [0.25, 0.3) is 0 Å². The zero-order valence-corrected chi connectivity index (χ0v) is 9.39. The summed E-state index contributed by atoms with van der Waals surface area (Å²) in [5.41, 5.74) is 1.12. The van der Waals surface area contributed by atoms with Crippen LogP contribution in [-0.2, 0) is 11.0 Å². The topological polar surface area (TPSA) is 42.0 Å². The predicted molar refractivity (Wildman–Crippen MR) is 57.5 cm³/mol. The van der Waals surface area contributed by atoms with Crippen LogP contribution < -0.4 is 5.32 Å². The van der Waals surface area contributed by atoms with Gasteiger partial charge in [-0.2, -0.15) is 0 Å². The number of pyridine rings is 1. The van der Waals surface area contributed by atoms with Gasteiger partial charge in [0, 0.05) is 22.4 Å². The summed E-state index contributed by atoms with van der Waals surface area (Å²) in [5.74, 6) is 0.796. The maximum atomic E-state index is 11.2. The SMILES string of the molecule is O=C1CPCc2cc(Br)cnc2N1. The van der Waals surface area contributed by atoms with E-state index in [0.717, 1.165) is 22.0 Å². The first kappa shape index (κ1) is 9.10. The number of carbonyl (C=O) groups is 1. The molecule has 1 atom stereocenters. The molecule has 0 radical (unpaired) electrons. The minimum atomic E-state index is 0.0758. The van der Waals surface area contributed by atoms with Crippen LogP contribution in [0.4, 0.5) is 5.82 Å². The first-order valence-corrected chi connectivity index (χ1v) is 6.11. The molecule has 1 N–H and O–H groups in total. The maximum absolute atomic E-state index is 11.2. The average Bonchev–Trinajstić information content (AvgIpc) is 2.25. The summed E-state index contributed by atoms with van der Waals surface area (Å²) in [6.07, 6.45) is 3.27. The Bertz CT molecular complexity index is 356. The van der Waals surface area contributed by atoms with Crippen LogP contribution in [0.25, 0.3) is 0 Å². The van der Waals surface area contributed by atoms with Crippen molar-refractivity contribution in [1.29, 1.82) is 0 Å². The fraction of sp³-hybridized carbons (Fsp3) is 0.250. The number of carbonyl (C=O) groups excluding carboxylic acids is 1. The summed E-state index contributed by atoms with van der Waals surface area (Å²) in [7, 11) is 0.666. The molecule has 13 heavy (non-hydrogen) atoms. The van der Waals surface area contributed by atoms with Crippen LogP contribution in [0.2, 0.25) is 0 Å². The van der Waals surface area contributed by atoms with E-state index < -0.39 is 0 Å². The summed E-state index contributed by atoms with van der Waals surface area (Å²) < 4.78 is 0.965. The van der Waals surface area contributed by atoms with E-state index in [1.54, 1.807) is 6.20 Å². The summed E-state index contributed by atoms with van der Waals surface area (Å²) in [6.45, 7) is 0. The Morgan fingerprint density at radius 2 is 2.38 bits per heavy atom. The molecule has 1 amide bonds. The number of hydrogen-bond donors (Lipinski definition) is 1. The Labute approximate surface area is 86.2 Å². The van der Waals surface area contributed by atoms with E-state index in [4.69, 9.17) is 0 Å². The second kappa shape index (κ2) is 3.72. The molecule has 3 nitrogen and oxygen atoms in total. The molecule has 1 aromatic heterocycles. The van der Waals surface area contributed by atoms with Crippen LogP contribution in [0.15, 0.2) is 16.7 Å². The lowest BCUT2D eigenvalue weighted by atomic mass is 10.3. The lowest BCUT2D eigenvalue weighted by molar-refractivity contribution is -0.113. The van der Waals surface area contributed by atoms with Gasteiger partial charge in [-0.25, -0.2) is 4.98 Å². The largest absolute Gasteiger partial charge is 0.310 e. The van der Waals surface area contributed by atoms with Crippen LogP contribution >= 0.6 is 24.5 Å². The van der Waals surface area contributed by atoms with Gasteiger partial charge in [-0.1, -0.05) is 0 Å². The molecule has 5 heteroatoms. The first-order chi connectivity index (χ1) is 6.25. The molecule has 2 heterocycles.